The highest BCUT2D eigenvalue weighted by Crippen LogP contribution is 2.37. The summed E-state index contributed by atoms with van der Waals surface area (Å²) < 4.78 is 78.9. The van der Waals surface area contributed by atoms with Crippen LogP contribution in [0.25, 0.3) is 5.82 Å². The Morgan fingerprint density at radius 3 is 2.21 bits per heavy atom. The number of amides is 2. The number of aromatic nitrogens is 4. The predicted octanol–water partition coefficient (Wildman–Crippen LogP) is 4.24. The van der Waals surface area contributed by atoms with Crippen LogP contribution in [0.5, 0.6) is 0 Å². The summed E-state index contributed by atoms with van der Waals surface area (Å²) in [4.78, 5) is 20.0. The Balaban J connectivity index is 1.56. The largest absolute Gasteiger partial charge is 0.416 e. The van der Waals surface area contributed by atoms with Crippen LogP contribution in [0, 0.1) is 6.92 Å². The maximum Gasteiger partial charge on any atom is 0.416 e. The lowest BCUT2D eigenvalue weighted by Gasteiger charge is -2.15. The topological polar surface area (TPSA) is 96.8 Å². The summed E-state index contributed by atoms with van der Waals surface area (Å²) in [7, 11) is 0. The molecule has 176 valence electrons. The number of carbonyl (C=O) groups excluding carboxylic acids is 1. The van der Waals surface area contributed by atoms with Crippen LogP contribution in [0.15, 0.2) is 42.9 Å². The third-order valence-corrected chi connectivity index (χ3v) is 4.17. The monoisotopic (exact) mass is 473 g/mol. The summed E-state index contributed by atoms with van der Waals surface area (Å²) in [5.41, 5.74) is -2.90. The van der Waals surface area contributed by atoms with Gasteiger partial charge in [-0.2, -0.15) is 31.4 Å². The zero-order valence-electron chi connectivity index (χ0n) is 16.9. The maximum atomic E-state index is 12.9. The molecule has 1 aromatic carbocycles. The molecule has 14 heteroatoms. The summed E-state index contributed by atoms with van der Waals surface area (Å²) in [5.74, 6) is 0.916. The number of nitrogens with one attached hydrogen (secondary N) is 3. The molecule has 0 saturated carbocycles. The van der Waals surface area contributed by atoms with Crippen LogP contribution < -0.4 is 16.0 Å². The van der Waals surface area contributed by atoms with Crippen molar-refractivity contribution in [2.45, 2.75) is 19.3 Å². The SMILES string of the molecule is Cc1ccn(-c2cc(NCCNC(=O)Nc3cc(C(F)(F)F)cc(C(F)(F)F)c3)ncn2)n1. The van der Waals surface area contributed by atoms with Crippen molar-refractivity contribution in [2.24, 2.45) is 0 Å². The molecule has 3 aromatic rings. The van der Waals surface area contributed by atoms with Gasteiger partial charge in [-0.05, 0) is 31.2 Å². The van der Waals surface area contributed by atoms with E-state index in [9.17, 15) is 31.1 Å². The van der Waals surface area contributed by atoms with E-state index in [1.54, 1.807) is 18.3 Å². The Bertz CT molecular complexity index is 1090. The fourth-order valence-corrected chi connectivity index (χ4v) is 2.68. The molecule has 0 atom stereocenters. The molecule has 3 rings (SSSR count). The van der Waals surface area contributed by atoms with E-state index in [1.807, 2.05) is 12.2 Å². The smallest absolute Gasteiger partial charge is 0.368 e. The lowest BCUT2D eigenvalue weighted by atomic mass is 10.1. The van der Waals surface area contributed by atoms with Gasteiger partial charge in [0.1, 0.15) is 12.1 Å². The van der Waals surface area contributed by atoms with Crippen molar-refractivity contribution in [3.8, 4) is 5.82 Å². The molecule has 0 fully saturated rings. The van der Waals surface area contributed by atoms with E-state index >= 15 is 0 Å². The number of nitrogens with zero attached hydrogens (tertiary/aromatic N) is 4. The van der Waals surface area contributed by atoms with Crippen molar-refractivity contribution in [1.29, 1.82) is 0 Å². The fourth-order valence-electron chi connectivity index (χ4n) is 2.68. The van der Waals surface area contributed by atoms with Gasteiger partial charge < -0.3 is 16.0 Å². The molecule has 2 aromatic heterocycles. The molecule has 0 aliphatic rings. The molecule has 8 nitrogen and oxygen atoms in total. The number of alkyl halides is 6. The second kappa shape index (κ2) is 9.34. The number of rotatable bonds is 6. The molecular formula is C19H17F6N7O. The molecule has 0 aliphatic heterocycles. The Kier molecular flexibility index (Phi) is 6.74. The Labute approximate surface area is 183 Å². The molecule has 2 amide bonds. The Morgan fingerprint density at radius 1 is 0.970 bits per heavy atom. The van der Waals surface area contributed by atoms with Crippen molar-refractivity contribution in [3.63, 3.8) is 0 Å². The van der Waals surface area contributed by atoms with Gasteiger partial charge in [-0.25, -0.2) is 19.4 Å². The number of anilines is 2. The van der Waals surface area contributed by atoms with Crippen LogP contribution in [-0.2, 0) is 12.4 Å². The van der Waals surface area contributed by atoms with Gasteiger partial charge in [-0.3, -0.25) is 0 Å². The standard InChI is InChI=1S/C19H17F6N7O/c1-11-2-5-32(31-11)16-9-15(28-10-29-16)26-3-4-27-17(33)30-14-7-12(18(20,21)22)6-13(8-14)19(23,24)25/h2,5-10H,3-4H2,1H3,(H,26,28,29)(H2,27,30,33). The second-order valence-corrected chi connectivity index (χ2v) is 6.77. The van der Waals surface area contributed by atoms with E-state index < -0.39 is 35.2 Å². The lowest BCUT2D eigenvalue weighted by molar-refractivity contribution is -0.143. The van der Waals surface area contributed by atoms with E-state index in [-0.39, 0.29) is 19.2 Å². The van der Waals surface area contributed by atoms with Crippen LogP contribution in [-0.4, -0.2) is 38.9 Å². The highest BCUT2D eigenvalue weighted by molar-refractivity contribution is 5.89. The molecule has 0 unspecified atom stereocenters. The summed E-state index contributed by atoms with van der Waals surface area (Å²) in [5, 5.41) is 11.4. The normalized spacial score (nSPS) is 11.8. The number of hydrogen-bond donors (Lipinski definition) is 3. The van der Waals surface area contributed by atoms with E-state index in [0.29, 0.717) is 23.8 Å². The van der Waals surface area contributed by atoms with Gasteiger partial charge in [0.25, 0.3) is 0 Å². The number of urea groups is 1. The molecule has 33 heavy (non-hydrogen) atoms. The molecule has 3 N–H and O–H groups in total. The van der Waals surface area contributed by atoms with Gasteiger partial charge in [0.05, 0.1) is 16.8 Å². The highest BCUT2D eigenvalue weighted by Gasteiger charge is 2.37. The molecule has 0 bridgehead atoms. The van der Waals surface area contributed by atoms with E-state index in [2.05, 4.69) is 25.7 Å². The van der Waals surface area contributed by atoms with Crippen molar-refractivity contribution in [2.75, 3.05) is 23.7 Å². The minimum atomic E-state index is -5.01. The highest BCUT2D eigenvalue weighted by atomic mass is 19.4. The first-order chi connectivity index (χ1) is 15.4. The molecule has 2 heterocycles. The second-order valence-electron chi connectivity index (χ2n) is 6.77. The number of benzene rings is 1. The zero-order valence-corrected chi connectivity index (χ0v) is 16.9. The summed E-state index contributed by atoms with van der Waals surface area (Å²) in [6.45, 7) is 1.98. The van der Waals surface area contributed by atoms with Gasteiger partial charge in [-0.1, -0.05) is 0 Å². The lowest BCUT2D eigenvalue weighted by Crippen LogP contribution is -2.33. The molecule has 0 spiro atoms. The van der Waals surface area contributed by atoms with Crippen molar-refractivity contribution < 1.29 is 31.1 Å². The fraction of sp³-hybridized carbons (Fsp3) is 0.263. The zero-order chi connectivity index (χ0) is 24.2. The first-order valence-corrected chi connectivity index (χ1v) is 9.35. The number of carbonyl (C=O) groups is 1. The summed E-state index contributed by atoms with van der Waals surface area (Å²) >= 11 is 0. The van der Waals surface area contributed by atoms with Crippen molar-refractivity contribution in [1.82, 2.24) is 25.1 Å². The van der Waals surface area contributed by atoms with Gasteiger partial charge in [0.2, 0.25) is 0 Å². The predicted molar refractivity (Wildman–Crippen MR) is 106 cm³/mol. The third kappa shape index (κ3) is 6.57. The van der Waals surface area contributed by atoms with Crippen LogP contribution in [0.3, 0.4) is 0 Å². The molecular weight excluding hydrogens is 456 g/mol. The minimum Gasteiger partial charge on any atom is -0.368 e. The number of hydrogen-bond acceptors (Lipinski definition) is 5. The van der Waals surface area contributed by atoms with E-state index in [1.165, 1.54) is 11.0 Å². The first kappa shape index (κ1) is 23.8. The van der Waals surface area contributed by atoms with Crippen molar-refractivity contribution in [3.05, 3.63) is 59.7 Å². The quantitative estimate of drug-likeness (QED) is 0.368. The molecule has 0 aliphatic carbocycles. The third-order valence-electron chi connectivity index (χ3n) is 4.17. The average Bonchev–Trinajstić information content (AvgIpc) is 3.16. The summed E-state index contributed by atoms with van der Waals surface area (Å²) in [6.07, 6.45) is -7.00. The van der Waals surface area contributed by atoms with Crippen LogP contribution in [0.1, 0.15) is 16.8 Å². The van der Waals surface area contributed by atoms with Crippen LogP contribution in [0.2, 0.25) is 0 Å². The average molecular weight is 473 g/mol. The van der Waals surface area contributed by atoms with Crippen LogP contribution in [0.4, 0.5) is 42.6 Å². The van der Waals surface area contributed by atoms with Crippen molar-refractivity contribution >= 4 is 17.5 Å². The van der Waals surface area contributed by atoms with E-state index in [0.717, 1.165) is 5.69 Å². The molecule has 0 saturated heterocycles. The van der Waals surface area contributed by atoms with E-state index in [4.69, 9.17) is 0 Å². The first-order valence-electron chi connectivity index (χ1n) is 9.35. The van der Waals surface area contributed by atoms with Crippen LogP contribution >= 0.6 is 0 Å². The number of halogens is 6. The van der Waals surface area contributed by atoms with Gasteiger partial charge in [0.15, 0.2) is 5.82 Å². The maximum absolute atomic E-state index is 12.9. The minimum absolute atomic E-state index is 0.00284. The van der Waals surface area contributed by atoms with Gasteiger partial charge >= 0.3 is 18.4 Å². The van der Waals surface area contributed by atoms with Gasteiger partial charge in [-0.15, -0.1) is 0 Å². The number of aryl methyl sites for hydroxylation is 1. The summed E-state index contributed by atoms with van der Waals surface area (Å²) in [6, 6.07) is 3.25. The Morgan fingerprint density at radius 2 is 1.64 bits per heavy atom. The Hall–Kier alpha value is -3.84. The molecule has 0 radical (unpaired) electrons. The van der Waals surface area contributed by atoms with Gasteiger partial charge in [0, 0.05) is 31.0 Å².